The van der Waals surface area contributed by atoms with E-state index in [9.17, 15) is 18.0 Å². The number of nitrogens with zero attached hydrogens (tertiary/aromatic N) is 1. The molecule has 4 nitrogen and oxygen atoms in total. The zero-order valence-electron chi connectivity index (χ0n) is 14.1. The Morgan fingerprint density at radius 1 is 1.33 bits per heavy atom. The molecule has 1 aliphatic heterocycles. The van der Waals surface area contributed by atoms with Gasteiger partial charge < -0.3 is 4.74 Å². The molecule has 24 heavy (non-hydrogen) atoms. The second-order valence-corrected chi connectivity index (χ2v) is 6.59. The molecule has 0 aromatic heterocycles. The lowest BCUT2D eigenvalue weighted by atomic mass is 9.94. The third-order valence-electron chi connectivity index (χ3n) is 4.14. The highest BCUT2D eigenvalue weighted by Gasteiger charge is 2.49. The van der Waals surface area contributed by atoms with Gasteiger partial charge in [-0.15, -0.1) is 0 Å². The fourth-order valence-electron chi connectivity index (χ4n) is 2.80. The Morgan fingerprint density at radius 2 is 2.00 bits per heavy atom. The Kier molecular flexibility index (Phi) is 5.42. The minimum absolute atomic E-state index is 0.0309. The van der Waals surface area contributed by atoms with Gasteiger partial charge in [0.1, 0.15) is 11.8 Å². The number of ether oxygens (including phenoxy) is 1. The zero-order chi connectivity index (χ0) is 18.0. The predicted molar refractivity (Wildman–Crippen MR) is 84.4 cm³/mol. The summed E-state index contributed by atoms with van der Waals surface area (Å²) in [4.78, 5) is 11.8. The highest BCUT2D eigenvalue weighted by molar-refractivity contribution is 5.83. The minimum Gasteiger partial charge on any atom is -0.494 e. The number of hydrogen-bond donors (Lipinski definition) is 1. The molecule has 1 unspecified atom stereocenters. The number of halogens is 3. The Labute approximate surface area is 139 Å². The number of nitrogens with one attached hydrogen (secondary N) is 1. The van der Waals surface area contributed by atoms with Crippen LogP contribution >= 0.6 is 0 Å². The topological polar surface area (TPSA) is 41.6 Å². The molecule has 1 atom stereocenters. The first kappa shape index (κ1) is 18.6. The van der Waals surface area contributed by atoms with Crippen LogP contribution in [0.25, 0.3) is 0 Å². The summed E-state index contributed by atoms with van der Waals surface area (Å²) < 4.78 is 45.9. The molecular formula is C17H23F3N2O2. The Morgan fingerprint density at radius 3 is 2.54 bits per heavy atom. The van der Waals surface area contributed by atoms with E-state index < -0.39 is 17.6 Å². The standard InChI is InChI=1S/C17H23F3N2O2/c1-4-24-13-8-6-5-7-12(13)9-10-14(17(18,19)20)22-11-16(2,3)15(23)21-22/h5-8,14H,4,9-11H2,1-3H3,(H,21,23). The maximum absolute atomic E-state index is 13.5. The van der Waals surface area contributed by atoms with E-state index in [2.05, 4.69) is 5.43 Å². The molecule has 1 N–H and O–H groups in total. The maximum Gasteiger partial charge on any atom is 0.405 e. The van der Waals surface area contributed by atoms with Crippen LogP contribution in [0.4, 0.5) is 13.2 Å². The van der Waals surface area contributed by atoms with Crippen LogP contribution in [0.3, 0.4) is 0 Å². The van der Waals surface area contributed by atoms with Crippen LogP contribution in [-0.4, -0.2) is 36.3 Å². The number of para-hydroxylation sites is 1. The van der Waals surface area contributed by atoms with Crippen LogP contribution in [0.2, 0.25) is 0 Å². The normalized spacial score (nSPS) is 19.2. The molecule has 1 aromatic rings. The van der Waals surface area contributed by atoms with Crippen LogP contribution in [0, 0.1) is 5.41 Å². The first-order valence-corrected chi connectivity index (χ1v) is 8.00. The predicted octanol–water partition coefficient (Wildman–Crippen LogP) is 3.32. The molecule has 1 aliphatic rings. The number of benzene rings is 1. The first-order valence-electron chi connectivity index (χ1n) is 8.00. The summed E-state index contributed by atoms with van der Waals surface area (Å²) in [5.41, 5.74) is 2.28. The van der Waals surface area contributed by atoms with Crippen LogP contribution < -0.4 is 10.2 Å². The molecule has 1 fully saturated rings. The molecule has 1 amide bonds. The van der Waals surface area contributed by atoms with Gasteiger partial charge in [-0.2, -0.15) is 13.2 Å². The fourth-order valence-corrected chi connectivity index (χ4v) is 2.80. The summed E-state index contributed by atoms with van der Waals surface area (Å²) in [6.07, 6.45) is -4.36. The number of carbonyl (C=O) groups excluding carboxylic acids is 1. The quantitative estimate of drug-likeness (QED) is 0.861. The molecule has 0 spiro atoms. The van der Waals surface area contributed by atoms with Gasteiger partial charge in [-0.3, -0.25) is 10.2 Å². The van der Waals surface area contributed by atoms with E-state index in [1.54, 1.807) is 38.1 Å². The number of hydrazine groups is 1. The molecule has 2 rings (SSSR count). The number of amides is 1. The van der Waals surface area contributed by atoms with Crippen molar-refractivity contribution in [2.45, 2.75) is 45.8 Å². The van der Waals surface area contributed by atoms with Crippen molar-refractivity contribution in [2.75, 3.05) is 13.2 Å². The summed E-state index contributed by atoms with van der Waals surface area (Å²) in [6, 6.07) is 5.37. The second-order valence-electron chi connectivity index (χ2n) is 6.59. The lowest BCUT2D eigenvalue weighted by Gasteiger charge is -2.29. The van der Waals surface area contributed by atoms with Gasteiger partial charge in [0.25, 0.3) is 0 Å². The van der Waals surface area contributed by atoms with Gasteiger partial charge in [0.15, 0.2) is 0 Å². The third-order valence-corrected chi connectivity index (χ3v) is 4.14. The Bertz CT molecular complexity index is 587. The van der Waals surface area contributed by atoms with Crippen molar-refractivity contribution in [1.29, 1.82) is 0 Å². The van der Waals surface area contributed by atoms with E-state index in [1.165, 1.54) is 0 Å². The first-order chi connectivity index (χ1) is 11.1. The molecular weight excluding hydrogens is 321 g/mol. The summed E-state index contributed by atoms with van der Waals surface area (Å²) in [5, 5.41) is 1.02. The van der Waals surface area contributed by atoms with Gasteiger partial charge in [-0.25, -0.2) is 5.01 Å². The molecule has 0 radical (unpaired) electrons. The van der Waals surface area contributed by atoms with Crippen LogP contribution in [0.5, 0.6) is 5.75 Å². The number of carbonyl (C=O) groups is 1. The lowest BCUT2D eigenvalue weighted by molar-refractivity contribution is -0.190. The van der Waals surface area contributed by atoms with E-state index >= 15 is 0 Å². The highest BCUT2D eigenvalue weighted by Crippen LogP contribution is 2.33. The van der Waals surface area contributed by atoms with Gasteiger partial charge >= 0.3 is 6.18 Å². The van der Waals surface area contributed by atoms with Gasteiger partial charge in [0.2, 0.25) is 5.91 Å². The monoisotopic (exact) mass is 344 g/mol. The number of aryl methyl sites for hydroxylation is 1. The average Bonchev–Trinajstić information content (AvgIpc) is 2.73. The molecule has 1 aromatic carbocycles. The van der Waals surface area contributed by atoms with E-state index in [4.69, 9.17) is 4.74 Å². The van der Waals surface area contributed by atoms with Crippen molar-refractivity contribution in [1.82, 2.24) is 10.4 Å². The van der Waals surface area contributed by atoms with Crippen molar-refractivity contribution in [3.8, 4) is 5.75 Å². The smallest absolute Gasteiger partial charge is 0.405 e. The molecule has 0 aliphatic carbocycles. The largest absolute Gasteiger partial charge is 0.494 e. The summed E-state index contributed by atoms with van der Waals surface area (Å²) in [6.45, 7) is 5.59. The minimum atomic E-state index is -4.42. The van der Waals surface area contributed by atoms with Gasteiger partial charge in [-0.05, 0) is 45.2 Å². The lowest BCUT2D eigenvalue weighted by Crippen LogP contribution is -2.50. The summed E-state index contributed by atoms with van der Waals surface area (Å²) >= 11 is 0. The number of alkyl halides is 3. The van der Waals surface area contributed by atoms with E-state index in [0.29, 0.717) is 12.4 Å². The van der Waals surface area contributed by atoms with E-state index in [0.717, 1.165) is 10.6 Å². The Balaban J connectivity index is 2.13. The van der Waals surface area contributed by atoms with Gasteiger partial charge in [0, 0.05) is 6.54 Å². The summed E-state index contributed by atoms with van der Waals surface area (Å²) in [7, 11) is 0. The zero-order valence-corrected chi connectivity index (χ0v) is 14.1. The summed E-state index contributed by atoms with van der Waals surface area (Å²) in [5.74, 6) is 0.221. The Hall–Kier alpha value is -1.76. The van der Waals surface area contributed by atoms with E-state index in [1.807, 2.05) is 6.92 Å². The van der Waals surface area contributed by atoms with Crippen molar-refractivity contribution >= 4 is 5.91 Å². The molecule has 0 saturated carbocycles. The second kappa shape index (κ2) is 7.01. The van der Waals surface area contributed by atoms with Crippen molar-refractivity contribution in [3.05, 3.63) is 29.8 Å². The molecule has 0 bridgehead atoms. The van der Waals surface area contributed by atoms with Crippen molar-refractivity contribution in [3.63, 3.8) is 0 Å². The van der Waals surface area contributed by atoms with Crippen LogP contribution in [0.1, 0.15) is 32.8 Å². The molecule has 1 heterocycles. The average molecular weight is 344 g/mol. The van der Waals surface area contributed by atoms with Gasteiger partial charge in [0.05, 0.1) is 12.0 Å². The van der Waals surface area contributed by atoms with Gasteiger partial charge in [-0.1, -0.05) is 18.2 Å². The maximum atomic E-state index is 13.5. The molecule has 1 saturated heterocycles. The number of hydrogen-bond acceptors (Lipinski definition) is 3. The van der Waals surface area contributed by atoms with Crippen molar-refractivity contribution < 1.29 is 22.7 Å². The highest BCUT2D eigenvalue weighted by atomic mass is 19.4. The van der Waals surface area contributed by atoms with E-state index in [-0.39, 0.29) is 25.3 Å². The van der Waals surface area contributed by atoms with Crippen LogP contribution in [0.15, 0.2) is 24.3 Å². The molecule has 134 valence electrons. The van der Waals surface area contributed by atoms with Crippen molar-refractivity contribution in [2.24, 2.45) is 5.41 Å². The fraction of sp³-hybridized carbons (Fsp3) is 0.588. The van der Waals surface area contributed by atoms with Crippen LogP contribution in [-0.2, 0) is 11.2 Å². The SMILES string of the molecule is CCOc1ccccc1CCC(N1CC(C)(C)C(=O)N1)C(F)(F)F. The number of rotatable bonds is 6. The third kappa shape index (κ3) is 4.20. The molecule has 7 heteroatoms.